The van der Waals surface area contributed by atoms with Gasteiger partial charge in [0, 0.05) is 0 Å². The Hall–Kier alpha value is -0.400. The molecular formula is C9H21NO. The van der Waals surface area contributed by atoms with Gasteiger partial charge in [-0.15, -0.1) is 0 Å². The molecular weight excluding hydrogens is 138 g/mol. The molecule has 0 unspecified atom stereocenters. The van der Waals surface area contributed by atoms with Gasteiger partial charge in [-0.2, -0.15) is 4.91 Å². The molecule has 68 valence electrons. The lowest BCUT2D eigenvalue weighted by atomic mass is 10.1. The third-order valence-electron chi connectivity index (χ3n) is 1.39. The molecule has 0 aliphatic heterocycles. The predicted octanol–water partition coefficient (Wildman–Crippen LogP) is 3.75. The van der Waals surface area contributed by atoms with E-state index in [1.807, 2.05) is 13.8 Å². The lowest BCUT2D eigenvalue weighted by Gasteiger charge is -2.02. The van der Waals surface area contributed by atoms with E-state index in [2.05, 4.69) is 19.0 Å². The van der Waals surface area contributed by atoms with E-state index in [-0.39, 0.29) is 6.04 Å². The van der Waals surface area contributed by atoms with Crippen molar-refractivity contribution in [2.24, 2.45) is 5.18 Å². The first kappa shape index (κ1) is 13.2. The van der Waals surface area contributed by atoms with Gasteiger partial charge in [0.25, 0.3) is 0 Å². The van der Waals surface area contributed by atoms with Crippen LogP contribution in [0.4, 0.5) is 0 Å². The van der Waals surface area contributed by atoms with Gasteiger partial charge in [-0.05, 0) is 12.8 Å². The topological polar surface area (TPSA) is 29.4 Å². The lowest BCUT2D eigenvalue weighted by Crippen LogP contribution is -2.00. The summed E-state index contributed by atoms with van der Waals surface area (Å²) in [5.74, 6) is 0. The van der Waals surface area contributed by atoms with E-state index in [0.717, 1.165) is 25.7 Å². The Morgan fingerprint density at radius 3 is 1.64 bits per heavy atom. The number of nitrogens with zero attached hydrogens (tertiary/aromatic N) is 1. The van der Waals surface area contributed by atoms with Crippen LogP contribution >= 0.6 is 0 Å². The van der Waals surface area contributed by atoms with Crippen molar-refractivity contribution in [2.45, 2.75) is 59.4 Å². The highest BCUT2D eigenvalue weighted by Gasteiger charge is 2.03. The highest BCUT2D eigenvalue weighted by Crippen LogP contribution is 2.07. The minimum absolute atomic E-state index is 0.0833. The Morgan fingerprint density at radius 1 is 1.09 bits per heavy atom. The van der Waals surface area contributed by atoms with E-state index in [0.29, 0.717) is 0 Å². The molecule has 0 N–H and O–H groups in total. The first-order valence-electron chi connectivity index (χ1n) is 4.67. The summed E-state index contributed by atoms with van der Waals surface area (Å²) in [6, 6.07) is 0.0833. The summed E-state index contributed by atoms with van der Waals surface area (Å²) in [6.45, 7) is 8.15. The zero-order valence-electron chi connectivity index (χ0n) is 8.26. The van der Waals surface area contributed by atoms with Crippen molar-refractivity contribution in [1.29, 1.82) is 0 Å². The average Bonchev–Trinajstić information content (AvgIpc) is 2.08. The van der Waals surface area contributed by atoms with Gasteiger partial charge >= 0.3 is 0 Å². The van der Waals surface area contributed by atoms with Gasteiger partial charge in [0.15, 0.2) is 0 Å². The summed E-state index contributed by atoms with van der Waals surface area (Å²) in [5, 5.41) is 3.02. The molecule has 11 heavy (non-hydrogen) atoms. The number of hydrogen-bond donors (Lipinski definition) is 0. The summed E-state index contributed by atoms with van der Waals surface area (Å²) in [4.78, 5) is 10.0. The van der Waals surface area contributed by atoms with Crippen LogP contribution in [0, 0.1) is 4.91 Å². The van der Waals surface area contributed by atoms with Gasteiger partial charge in [0.1, 0.15) is 0 Å². The molecule has 0 aromatic carbocycles. The summed E-state index contributed by atoms with van der Waals surface area (Å²) < 4.78 is 0. The van der Waals surface area contributed by atoms with Crippen molar-refractivity contribution in [3.05, 3.63) is 4.91 Å². The van der Waals surface area contributed by atoms with Crippen LogP contribution in [-0.4, -0.2) is 6.04 Å². The van der Waals surface area contributed by atoms with E-state index in [1.165, 1.54) is 0 Å². The molecule has 0 atom stereocenters. The summed E-state index contributed by atoms with van der Waals surface area (Å²) in [6.07, 6.45) is 4.04. The maximum Gasteiger partial charge on any atom is 0.0919 e. The highest BCUT2D eigenvalue weighted by atomic mass is 16.3. The second kappa shape index (κ2) is 12.3. The zero-order chi connectivity index (χ0) is 9.11. The number of rotatable bonds is 5. The summed E-state index contributed by atoms with van der Waals surface area (Å²) >= 11 is 0. The monoisotopic (exact) mass is 159 g/mol. The van der Waals surface area contributed by atoms with Gasteiger partial charge in [0.2, 0.25) is 0 Å². The fourth-order valence-electron chi connectivity index (χ4n) is 0.916. The quantitative estimate of drug-likeness (QED) is 0.562. The Kier molecular flexibility index (Phi) is 14.8. The Bertz CT molecular complexity index is 68.0. The van der Waals surface area contributed by atoms with E-state index < -0.39 is 0 Å². The maximum atomic E-state index is 10.0. The number of hydrogen-bond acceptors (Lipinski definition) is 2. The molecule has 0 aromatic heterocycles. The van der Waals surface area contributed by atoms with Crippen molar-refractivity contribution >= 4 is 0 Å². The molecule has 0 spiro atoms. The van der Waals surface area contributed by atoms with Crippen molar-refractivity contribution < 1.29 is 0 Å². The molecule has 0 radical (unpaired) electrons. The van der Waals surface area contributed by atoms with Crippen LogP contribution in [-0.2, 0) is 0 Å². The molecule has 2 nitrogen and oxygen atoms in total. The minimum atomic E-state index is 0.0833. The summed E-state index contributed by atoms with van der Waals surface area (Å²) in [5.41, 5.74) is 0. The summed E-state index contributed by atoms with van der Waals surface area (Å²) in [7, 11) is 0. The molecule has 0 aliphatic carbocycles. The number of nitroso groups, excluding NO2 is 1. The molecule has 0 fully saturated rings. The molecule has 0 heterocycles. The van der Waals surface area contributed by atoms with Crippen LogP contribution < -0.4 is 0 Å². The van der Waals surface area contributed by atoms with Gasteiger partial charge < -0.3 is 0 Å². The van der Waals surface area contributed by atoms with E-state index in [1.54, 1.807) is 0 Å². The van der Waals surface area contributed by atoms with E-state index in [4.69, 9.17) is 0 Å². The van der Waals surface area contributed by atoms with Gasteiger partial charge in [-0.25, -0.2) is 0 Å². The van der Waals surface area contributed by atoms with Crippen LogP contribution in [0.15, 0.2) is 5.18 Å². The normalized spacial score (nSPS) is 8.82. The molecule has 2 heteroatoms. The molecule has 0 bridgehead atoms. The predicted molar refractivity (Wildman–Crippen MR) is 50.7 cm³/mol. The third-order valence-corrected chi connectivity index (χ3v) is 1.39. The first-order chi connectivity index (χ1) is 5.35. The molecule has 0 rings (SSSR count). The van der Waals surface area contributed by atoms with Gasteiger partial charge in [0.05, 0.1) is 6.04 Å². The fraction of sp³-hybridized carbons (Fsp3) is 1.00. The molecule has 0 amide bonds. The molecule has 0 aromatic rings. The first-order valence-corrected chi connectivity index (χ1v) is 4.67. The highest BCUT2D eigenvalue weighted by molar-refractivity contribution is 4.62. The van der Waals surface area contributed by atoms with Crippen molar-refractivity contribution in [3.8, 4) is 0 Å². The molecule has 0 saturated heterocycles. The second-order valence-electron chi connectivity index (χ2n) is 2.34. The molecule has 0 saturated carbocycles. The van der Waals surface area contributed by atoms with Crippen molar-refractivity contribution in [1.82, 2.24) is 0 Å². The average molecular weight is 159 g/mol. The Labute approximate surface area is 70.4 Å². The third kappa shape index (κ3) is 9.60. The molecule has 0 aliphatic rings. The zero-order valence-corrected chi connectivity index (χ0v) is 8.26. The van der Waals surface area contributed by atoms with Gasteiger partial charge in [-0.1, -0.05) is 45.7 Å². The largest absolute Gasteiger partial charge is 0.151 e. The Balaban J connectivity index is 0. The smallest absolute Gasteiger partial charge is 0.0919 e. The van der Waals surface area contributed by atoms with Crippen LogP contribution in [0.5, 0.6) is 0 Å². The maximum absolute atomic E-state index is 10.0. The van der Waals surface area contributed by atoms with Crippen molar-refractivity contribution in [2.75, 3.05) is 0 Å². The van der Waals surface area contributed by atoms with E-state index >= 15 is 0 Å². The van der Waals surface area contributed by atoms with Crippen LogP contribution in [0.2, 0.25) is 0 Å². The lowest BCUT2D eigenvalue weighted by molar-refractivity contribution is 0.552. The standard InChI is InChI=1S/C7H15NO.C2H6/c1-3-5-7(8-9)6-4-2;1-2/h7H,3-6H2,1-2H3;1-2H3. The van der Waals surface area contributed by atoms with E-state index in [9.17, 15) is 4.91 Å². The van der Waals surface area contributed by atoms with Crippen molar-refractivity contribution in [3.63, 3.8) is 0 Å². The minimum Gasteiger partial charge on any atom is -0.151 e. The SMILES string of the molecule is CC.CCCC(CCC)N=O. The van der Waals surface area contributed by atoms with Crippen LogP contribution in [0.25, 0.3) is 0 Å². The van der Waals surface area contributed by atoms with Crippen LogP contribution in [0.3, 0.4) is 0 Å². The second-order valence-corrected chi connectivity index (χ2v) is 2.34. The van der Waals surface area contributed by atoms with Gasteiger partial charge in [-0.3, -0.25) is 0 Å². The Morgan fingerprint density at radius 2 is 1.45 bits per heavy atom. The van der Waals surface area contributed by atoms with Crippen LogP contribution in [0.1, 0.15) is 53.4 Å². The fourth-order valence-corrected chi connectivity index (χ4v) is 0.916.